The molecule has 7 nitrogen and oxygen atoms in total. The van der Waals surface area contributed by atoms with E-state index in [9.17, 15) is 9.90 Å². The predicted octanol–water partition coefficient (Wildman–Crippen LogP) is 3.44. The third-order valence-electron chi connectivity index (χ3n) is 4.37. The monoisotopic (exact) mass is 393 g/mol. The van der Waals surface area contributed by atoms with Crippen molar-refractivity contribution in [3.05, 3.63) is 81.0 Å². The van der Waals surface area contributed by atoms with Crippen molar-refractivity contribution in [2.45, 2.75) is 13.8 Å². The van der Waals surface area contributed by atoms with Crippen LogP contribution in [0.25, 0.3) is 16.6 Å². The maximum absolute atomic E-state index is 12.7. The highest BCUT2D eigenvalue weighted by molar-refractivity contribution is 6.30. The van der Waals surface area contributed by atoms with Crippen LogP contribution in [-0.2, 0) is 0 Å². The summed E-state index contributed by atoms with van der Waals surface area (Å²) < 4.78 is 2.60. The number of fused-ring (bicyclic) bond motifs is 1. The number of para-hydroxylation sites is 1. The van der Waals surface area contributed by atoms with E-state index < -0.39 is 0 Å². The quantitative estimate of drug-likeness (QED) is 0.540. The highest BCUT2D eigenvalue weighted by Gasteiger charge is 2.15. The molecule has 8 heteroatoms. The first-order chi connectivity index (χ1) is 13.5. The van der Waals surface area contributed by atoms with E-state index >= 15 is 0 Å². The minimum atomic E-state index is -0.276. The molecule has 28 heavy (non-hydrogen) atoms. The lowest BCUT2D eigenvalue weighted by atomic mass is 10.2. The van der Waals surface area contributed by atoms with Crippen molar-refractivity contribution in [3.63, 3.8) is 0 Å². The molecule has 0 bridgehead atoms. The molecule has 4 rings (SSSR count). The average Bonchev–Trinajstić information content (AvgIpc) is 2.96. The molecule has 0 aliphatic heterocycles. The normalized spacial score (nSPS) is 11.5. The van der Waals surface area contributed by atoms with E-state index in [0.29, 0.717) is 38.7 Å². The first kappa shape index (κ1) is 17.9. The molecule has 4 aromatic rings. The van der Waals surface area contributed by atoms with Gasteiger partial charge in [-0.3, -0.25) is 4.79 Å². The number of nitrogens with zero attached hydrogens (tertiary/aromatic N) is 5. The van der Waals surface area contributed by atoms with Crippen LogP contribution in [0.1, 0.15) is 17.1 Å². The van der Waals surface area contributed by atoms with E-state index in [1.54, 1.807) is 56.3 Å². The van der Waals surface area contributed by atoms with Gasteiger partial charge in [0.1, 0.15) is 5.82 Å². The Balaban J connectivity index is 1.78. The molecule has 0 unspecified atom stereocenters. The lowest BCUT2D eigenvalue weighted by Gasteiger charge is -2.05. The minimum absolute atomic E-state index is 0.0805. The molecule has 0 saturated carbocycles. The molecule has 0 spiro atoms. The Morgan fingerprint density at radius 1 is 1.11 bits per heavy atom. The molecule has 2 heterocycles. The fraction of sp³-hybridized carbons (Fsp3) is 0.100. The van der Waals surface area contributed by atoms with Gasteiger partial charge in [-0.15, -0.1) is 0 Å². The Morgan fingerprint density at radius 2 is 1.82 bits per heavy atom. The van der Waals surface area contributed by atoms with Gasteiger partial charge < -0.3 is 5.11 Å². The van der Waals surface area contributed by atoms with Crippen molar-refractivity contribution < 1.29 is 5.11 Å². The van der Waals surface area contributed by atoms with Gasteiger partial charge in [0, 0.05) is 5.02 Å². The molecule has 0 amide bonds. The van der Waals surface area contributed by atoms with Crippen LogP contribution < -0.4 is 5.56 Å². The maximum atomic E-state index is 12.7. The largest absolute Gasteiger partial charge is 0.493 e. The Morgan fingerprint density at radius 3 is 2.57 bits per heavy atom. The number of aromatic hydroxyl groups is 1. The SMILES string of the molecule is Cc1nn(-c2ccc(Cl)cc2)c(O)c1/C=N/n1c(C)nc2ccccc2c1=O. The van der Waals surface area contributed by atoms with E-state index in [0.717, 1.165) is 0 Å². The van der Waals surface area contributed by atoms with Gasteiger partial charge in [0.15, 0.2) is 0 Å². The third-order valence-corrected chi connectivity index (χ3v) is 4.62. The Labute approximate surface area is 165 Å². The number of aryl methyl sites for hydroxylation is 2. The summed E-state index contributed by atoms with van der Waals surface area (Å²) >= 11 is 5.91. The Hall–Kier alpha value is -3.45. The zero-order chi connectivity index (χ0) is 19.8. The number of halogens is 1. The van der Waals surface area contributed by atoms with Gasteiger partial charge in [0.05, 0.1) is 34.1 Å². The highest BCUT2D eigenvalue weighted by Crippen LogP contribution is 2.24. The number of aromatic nitrogens is 4. The van der Waals surface area contributed by atoms with E-state index in [2.05, 4.69) is 15.2 Å². The van der Waals surface area contributed by atoms with Gasteiger partial charge in [-0.1, -0.05) is 23.7 Å². The predicted molar refractivity (Wildman–Crippen MR) is 109 cm³/mol. The van der Waals surface area contributed by atoms with Gasteiger partial charge in [0.25, 0.3) is 5.56 Å². The summed E-state index contributed by atoms with van der Waals surface area (Å²) in [5.74, 6) is 0.366. The van der Waals surface area contributed by atoms with E-state index in [1.807, 2.05) is 6.07 Å². The van der Waals surface area contributed by atoms with Gasteiger partial charge in [-0.25, -0.2) is 9.67 Å². The van der Waals surface area contributed by atoms with Crippen molar-refractivity contribution in [1.82, 2.24) is 19.4 Å². The number of hydrogen-bond donors (Lipinski definition) is 1. The second kappa shape index (κ2) is 6.94. The fourth-order valence-corrected chi connectivity index (χ4v) is 3.05. The second-order valence-corrected chi connectivity index (χ2v) is 6.69. The summed E-state index contributed by atoms with van der Waals surface area (Å²) in [6.07, 6.45) is 1.41. The zero-order valence-corrected chi connectivity index (χ0v) is 15.9. The number of rotatable bonds is 3. The van der Waals surface area contributed by atoms with Crippen molar-refractivity contribution in [3.8, 4) is 11.6 Å². The minimum Gasteiger partial charge on any atom is -0.493 e. The lowest BCUT2D eigenvalue weighted by molar-refractivity contribution is 0.433. The molecule has 0 aliphatic carbocycles. The summed E-state index contributed by atoms with van der Waals surface area (Å²) in [5.41, 5.74) is 1.98. The number of benzene rings is 2. The van der Waals surface area contributed by atoms with Crippen LogP contribution in [0.15, 0.2) is 58.4 Å². The summed E-state index contributed by atoms with van der Waals surface area (Å²) in [6, 6.07) is 14.0. The molecule has 2 aromatic carbocycles. The van der Waals surface area contributed by atoms with Crippen LogP contribution in [0.3, 0.4) is 0 Å². The van der Waals surface area contributed by atoms with Crippen molar-refractivity contribution in [2.75, 3.05) is 0 Å². The standard InChI is InChI=1S/C20H16ClN5O2/c1-12-17(20(28)26(24-12)15-9-7-14(21)8-10-15)11-22-25-13(2)23-18-6-4-3-5-16(18)19(25)27/h3-11,28H,1-2H3/b22-11+. The molecule has 140 valence electrons. The third kappa shape index (κ3) is 3.05. The van der Waals surface area contributed by atoms with Gasteiger partial charge in [0.2, 0.25) is 5.88 Å². The van der Waals surface area contributed by atoms with Crippen molar-refractivity contribution in [2.24, 2.45) is 5.10 Å². The van der Waals surface area contributed by atoms with Crippen LogP contribution in [0.4, 0.5) is 0 Å². The zero-order valence-electron chi connectivity index (χ0n) is 15.2. The van der Waals surface area contributed by atoms with E-state index in [-0.39, 0.29) is 11.4 Å². The molecule has 1 N–H and O–H groups in total. The molecule has 0 radical (unpaired) electrons. The van der Waals surface area contributed by atoms with Crippen LogP contribution in [0.5, 0.6) is 5.88 Å². The summed E-state index contributed by atoms with van der Waals surface area (Å²) in [6.45, 7) is 3.46. The van der Waals surface area contributed by atoms with Gasteiger partial charge >= 0.3 is 0 Å². The van der Waals surface area contributed by atoms with E-state index in [1.165, 1.54) is 15.6 Å². The highest BCUT2D eigenvalue weighted by atomic mass is 35.5. The number of hydrogen-bond acceptors (Lipinski definition) is 5. The molecular formula is C20H16ClN5O2. The molecule has 0 atom stereocenters. The van der Waals surface area contributed by atoms with Crippen molar-refractivity contribution in [1.29, 1.82) is 0 Å². The molecule has 2 aromatic heterocycles. The Kier molecular flexibility index (Phi) is 4.44. The fourth-order valence-electron chi connectivity index (χ4n) is 2.93. The first-order valence-corrected chi connectivity index (χ1v) is 8.91. The molecule has 0 fully saturated rings. The van der Waals surface area contributed by atoms with Crippen molar-refractivity contribution >= 4 is 28.7 Å². The second-order valence-electron chi connectivity index (χ2n) is 6.25. The maximum Gasteiger partial charge on any atom is 0.282 e. The van der Waals surface area contributed by atoms with Crippen LogP contribution in [-0.4, -0.2) is 30.8 Å². The summed E-state index contributed by atoms with van der Waals surface area (Å²) in [5, 5.41) is 20.3. The molecular weight excluding hydrogens is 378 g/mol. The summed E-state index contributed by atoms with van der Waals surface area (Å²) in [4.78, 5) is 17.1. The summed E-state index contributed by atoms with van der Waals surface area (Å²) in [7, 11) is 0. The topological polar surface area (TPSA) is 85.3 Å². The lowest BCUT2D eigenvalue weighted by Crippen LogP contribution is -2.20. The smallest absolute Gasteiger partial charge is 0.282 e. The van der Waals surface area contributed by atoms with Gasteiger partial charge in [-0.05, 0) is 50.2 Å². The Bertz CT molecular complexity index is 1270. The van der Waals surface area contributed by atoms with Gasteiger partial charge in [-0.2, -0.15) is 14.9 Å². The average molecular weight is 394 g/mol. The van der Waals surface area contributed by atoms with E-state index in [4.69, 9.17) is 11.6 Å². The van der Waals surface area contributed by atoms with Crippen LogP contribution in [0, 0.1) is 13.8 Å². The van der Waals surface area contributed by atoms with Crippen LogP contribution >= 0.6 is 11.6 Å². The molecule has 0 aliphatic rings. The first-order valence-electron chi connectivity index (χ1n) is 8.53. The van der Waals surface area contributed by atoms with Crippen LogP contribution in [0.2, 0.25) is 5.02 Å². The molecule has 0 saturated heterocycles.